The Hall–Kier alpha value is -3.49. The van der Waals surface area contributed by atoms with E-state index >= 15 is 4.39 Å². The van der Waals surface area contributed by atoms with Gasteiger partial charge in [0.15, 0.2) is 11.5 Å². The van der Waals surface area contributed by atoms with E-state index < -0.39 is 11.6 Å². The molecule has 26 heavy (non-hydrogen) atoms. The molecule has 0 fully saturated rings. The number of nitrogens with zero attached hydrogens (tertiary/aromatic N) is 4. The Morgan fingerprint density at radius 2 is 2.12 bits per heavy atom. The molecular formula is C17H14F2N6O. The third kappa shape index (κ3) is 2.63. The summed E-state index contributed by atoms with van der Waals surface area (Å²) in [5.41, 5.74) is 6.70. The molecule has 3 heterocycles. The third-order valence-corrected chi connectivity index (χ3v) is 3.99. The Bertz CT molecular complexity index is 1100. The molecule has 0 aliphatic rings. The van der Waals surface area contributed by atoms with Crippen LogP contribution in [0.1, 0.15) is 12.5 Å². The monoisotopic (exact) mass is 356 g/mol. The van der Waals surface area contributed by atoms with Crippen LogP contribution in [0.25, 0.3) is 17.1 Å². The number of imidazole rings is 1. The van der Waals surface area contributed by atoms with Crippen molar-refractivity contribution in [1.29, 1.82) is 0 Å². The number of aryl methyl sites for hydroxylation is 1. The van der Waals surface area contributed by atoms with E-state index in [9.17, 15) is 4.39 Å². The van der Waals surface area contributed by atoms with Crippen LogP contribution in [0.4, 0.5) is 26.2 Å². The van der Waals surface area contributed by atoms with Crippen LogP contribution in [-0.4, -0.2) is 19.6 Å². The summed E-state index contributed by atoms with van der Waals surface area (Å²) in [4.78, 5) is 3.97. The van der Waals surface area contributed by atoms with Crippen molar-refractivity contribution >= 4 is 23.0 Å². The standard InChI is InChI=1S/C17H14F2N6O/c1-2-9-3-4-12(11(18)7-9)22-14-10(16-23-24-17(20)26-16)8-25-6-5-21-15(25)13(14)19/h3-8,22H,2H2,1H3,(H2,20,24). The summed E-state index contributed by atoms with van der Waals surface area (Å²) in [6.45, 7) is 1.92. The molecule has 0 aliphatic heterocycles. The summed E-state index contributed by atoms with van der Waals surface area (Å²) in [7, 11) is 0. The first-order valence-corrected chi connectivity index (χ1v) is 7.86. The van der Waals surface area contributed by atoms with Gasteiger partial charge in [-0.25, -0.2) is 13.8 Å². The van der Waals surface area contributed by atoms with Gasteiger partial charge >= 0.3 is 6.01 Å². The molecule has 132 valence electrons. The van der Waals surface area contributed by atoms with Crippen molar-refractivity contribution in [3.63, 3.8) is 0 Å². The number of rotatable bonds is 4. The summed E-state index contributed by atoms with van der Waals surface area (Å²) >= 11 is 0. The molecule has 0 atom stereocenters. The maximum absolute atomic E-state index is 15.0. The lowest BCUT2D eigenvalue weighted by Gasteiger charge is -2.13. The fourth-order valence-electron chi connectivity index (χ4n) is 2.66. The van der Waals surface area contributed by atoms with Crippen LogP contribution < -0.4 is 11.1 Å². The van der Waals surface area contributed by atoms with Gasteiger partial charge in [-0.2, -0.15) is 0 Å². The van der Waals surface area contributed by atoms with Gasteiger partial charge in [-0.15, -0.1) is 5.10 Å². The van der Waals surface area contributed by atoms with Crippen molar-refractivity contribution in [2.45, 2.75) is 13.3 Å². The average Bonchev–Trinajstić information content (AvgIpc) is 3.27. The second-order valence-electron chi connectivity index (χ2n) is 5.63. The zero-order chi connectivity index (χ0) is 18.3. The van der Waals surface area contributed by atoms with E-state index in [2.05, 4.69) is 20.5 Å². The molecule has 4 aromatic rings. The van der Waals surface area contributed by atoms with E-state index in [0.29, 0.717) is 6.42 Å². The predicted molar refractivity (Wildman–Crippen MR) is 91.9 cm³/mol. The first-order valence-electron chi connectivity index (χ1n) is 7.86. The number of hydrogen-bond donors (Lipinski definition) is 2. The molecule has 0 spiro atoms. The van der Waals surface area contributed by atoms with E-state index in [4.69, 9.17) is 10.2 Å². The first-order chi connectivity index (χ1) is 12.6. The SMILES string of the molecule is CCc1ccc(Nc2c(-c3nnc(N)o3)cn3ccnc3c2F)c(F)c1. The minimum absolute atomic E-state index is 0.00471. The molecular weight excluding hydrogens is 342 g/mol. The maximum atomic E-state index is 15.0. The summed E-state index contributed by atoms with van der Waals surface area (Å²) < 4.78 is 36.1. The Labute approximate surface area is 146 Å². The number of anilines is 3. The number of fused-ring (bicyclic) bond motifs is 1. The van der Waals surface area contributed by atoms with Gasteiger partial charge in [0.05, 0.1) is 16.9 Å². The molecule has 0 saturated carbocycles. The van der Waals surface area contributed by atoms with Crippen LogP contribution in [0.2, 0.25) is 0 Å². The van der Waals surface area contributed by atoms with Gasteiger partial charge in [-0.3, -0.25) is 0 Å². The number of hydrogen-bond acceptors (Lipinski definition) is 6. The summed E-state index contributed by atoms with van der Waals surface area (Å²) in [5.74, 6) is -1.17. The molecule has 1 aromatic carbocycles. The van der Waals surface area contributed by atoms with E-state index in [1.807, 2.05) is 6.92 Å². The van der Waals surface area contributed by atoms with Gasteiger partial charge in [0.25, 0.3) is 5.89 Å². The maximum Gasteiger partial charge on any atom is 0.313 e. The van der Waals surface area contributed by atoms with E-state index in [1.54, 1.807) is 24.5 Å². The Balaban J connectivity index is 1.88. The van der Waals surface area contributed by atoms with E-state index in [0.717, 1.165) is 5.56 Å². The number of pyridine rings is 1. The van der Waals surface area contributed by atoms with E-state index in [1.165, 1.54) is 16.7 Å². The molecule has 3 aromatic heterocycles. The third-order valence-electron chi connectivity index (χ3n) is 3.99. The van der Waals surface area contributed by atoms with Crippen LogP contribution in [0, 0.1) is 11.6 Å². The Kier molecular flexibility index (Phi) is 3.76. The Morgan fingerprint density at radius 3 is 2.81 bits per heavy atom. The molecule has 7 nitrogen and oxygen atoms in total. The highest BCUT2D eigenvalue weighted by Gasteiger charge is 2.21. The molecule has 3 N–H and O–H groups in total. The largest absolute Gasteiger partial charge is 0.403 e. The number of nitrogens with one attached hydrogen (secondary N) is 1. The van der Waals surface area contributed by atoms with Gasteiger partial charge in [-0.05, 0) is 24.1 Å². The van der Waals surface area contributed by atoms with Crippen LogP contribution in [0.15, 0.2) is 41.2 Å². The molecule has 0 aliphatic carbocycles. The molecule has 0 amide bonds. The molecule has 9 heteroatoms. The number of nitrogens with two attached hydrogens (primary N) is 1. The van der Waals surface area contributed by atoms with Crippen molar-refractivity contribution in [3.8, 4) is 11.5 Å². The highest BCUT2D eigenvalue weighted by atomic mass is 19.1. The molecule has 0 radical (unpaired) electrons. The van der Waals surface area contributed by atoms with Crippen LogP contribution >= 0.6 is 0 Å². The number of benzene rings is 1. The highest BCUT2D eigenvalue weighted by Crippen LogP contribution is 2.34. The van der Waals surface area contributed by atoms with Gasteiger partial charge in [0.1, 0.15) is 5.82 Å². The fourth-order valence-corrected chi connectivity index (χ4v) is 2.66. The normalized spacial score (nSPS) is 11.2. The molecule has 4 rings (SSSR count). The fraction of sp³-hybridized carbons (Fsp3) is 0.118. The lowest BCUT2D eigenvalue weighted by Crippen LogP contribution is -2.03. The first kappa shape index (κ1) is 16.0. The lowest BCUT2D eigenvalue weighted by molar-refractivity contribution is 0.587. The van der Waals surface area contributed by atoms with Crippen LogP contribution in [0.5, 0.6) is 0 Å². The highest BCUT2D eigenvalue weighted by molar-refractivity contribution is 5.80. The van der Waals surface area contributed by atoms with Gasteiger partial charge < -0.3 is 19.9 Å². The second-order valence-corrected chi connectivity index (χ2v) is 5.63. The lowest BCUT2D eigenvalue weighted by atomic mass is 10.1. The Morgan fingerprint density at radius 1 is 1.27 bits per heavy atom. The van der Waals surface area contributed by atoms with Gasteiger partial charge in [0, 0.05) is 18.6 Å². The number of halogens is 2. The smallest absolute Gasteiger partial charge is 0.313 e. The van der Waals surface area contributed by atoms with Gasteiger partial charge in [0.2, 0.25) is 0 Å². The van der Waals surface area contributed by atoms with Crippen LogP contribution in [-0.2, 0) is 6.42 Å². The summed E-state index contributed by atoms with van der Waals surface area (Å²) in [5, 5.41) is 10.2. The van der Waals surface area contributed by atoms with Crippen molar-refractivity contribution in [2.75, 3.05) is 11.1 Å². The molecule has 0 bridgehead atoms. The molecule has 0 unspecified atom stereocenters. The minimum atomic E-state index is -0.678. The second kappa shape index (κ2) is 6.10. The number of nitrogen functional groups attached to an aromatic ring is 1. The average molecular weight is 356 g/mol. The zero-order valence-electron chi connectivity index (χ0n) is 13.7. The number of aromatic nitrogens is 4. The van der Waals surface area contributed by atoms with E-state index in [-0.39, 0.29) is 34.5 Å². The predicted octanol–water partition coefficient (Wildman–Crippen LogP) is 3.55. The topological polar surface area (TPSA) is 94.3 Å². The van der Waals surface area contributed by atoms with Crippen LogP contribution in [0.3, 0.4) is 0 Å². The zero-order valence-corrected chi connectivity index (χ0v) is 13.7. The minimum Gasteiger partial charge on any atom is -0.403 e. The van der Waals surface area contributed by atoms with Crippen molar-refractivity contribution in [1.82, 2.24) is 19.6 Å². The van der Waals surface area contributed by atoms with Gasteiger partial charge in [-0.1, -0.05) is 18.1 Å². The quantitative estimate of drug-likeness (QED) is 0.581. The molecule has 0 saturated heterocycles. The van der Waals surface area contributed by atoms with Crippen molar-refractivity contribution in [2.24, 2.45) is 0 Å². The van der Waals surface area contributed by atoms with Crippen molar-refractivity contribution in [3.05, 3.63) is 54.0 Å². The van der Waals surface area contributed by atoms with Crippen molar-refractivity contribution < 1.29 is 13.2 Å². The summed E-state index contributed by atoms with van der Waals surface area (Å²) in [6.07, 6.45) is 5.27. The summed E-state index contributed by atoms with van der Waals surface area (Å²) in [6, 6.07) is 4.56.